The van der Waals surface area contributed by atoms with E-state index < -0.39 is 0 Å². The average Bonchev–Trinajstić information content (AvgIpc) is 3.09. The van der Waals surface area contributed by atoms with Crippen LogP contribution in [-0.4, -0.2) is 91.4 Å². The molecule has 0 unspecified atom stereocenters. The SMILES string of the molecule is Cc1csc(C(=O)N2CCN(C)CC2)c1NC(=O)C[N+]1(CC(=O)NCc2ccccc2)CCCCCC1. The van der Waals surface area contributed by atoms with Gasteiger partial charge in [-0.25, -0.2) is 0 Å². The number of likely N-dealkylation sites (N-methyl/N-ethyl adjacent to an activating group) is 1. The highest BCUT2D eigenvalue weighted by molar-refractivity contribution is 7.13. The predicted octanol–water partition coefficient (Wildman–Crippen LogP) is 3.09. The van der Waals surface area contributed by atoms with Crippen LogP contribution >= 0.6 is 11.3 Å². The van der Waals surface area contributed by atoms with Crippen molar-refractivity contribution in [1.29, 1.82) is 0 Å². The van der Waals surface area contributed by atoms with Crippen LogP contribution in [0.3, 0.4) is 0 Å². The van der Waals surface area contributed by atoms with Gasteiger partial charge in [0.2, 0.25) is 0 Å². The number of rotatable bonds is 8. The van der Waals surface area contributed by atoms with Crippen molar-refractivity contribution in [3.05, 3.63) is 51.7 Å². The van der Waals surface area contributed by atoms with Gasteiger partial charge in [-0.2, -0.15) is 0 Å². The Balaban J connectivity index is 1.42. The normalized spacial score (nSPS) is 18.2. The van der Waals surface area contributed by atoms with Gasteiger partial charge in [0.25, 0.3) is 17.7 Å². The number of likely N-dealkylation sites (tertiary alicyclic amines) is 1. The summed E-state index contributed by atoms with van der Waals surface area (Å²) in [4.78, 5) is 44.4. The number of anilines is 1. The number of carbonyl (C=O) groups excluding carboxylic acids is 3. The first kappa shape index (κ1) is 27.3. The summed E-state index contributed by atoms with van der Waals surface area (Å²) in [6.45, 7) is 7.64. The fraction of sp³-hybridized carbons (Fsp3) is 0.536. The van der Waals surface area contributed by atoms with Gasteiger partial charge in [-0.1, -0.05) is 30.3 Å². The summed E-state index contributed by atoms with van der Waals surface area (Å²) in [5.41, 5.74) is 2.58. The smallest absolute Gasteiger partial charge is 0.279 e. The van der Waals surface area contributed by atoms with Crippen molar-refractivity contribution < 1.29 is 18.9 Å². The van der Waals surface area contributed by atoms with Crippen molar-refractivity contribution in [1.82, 2.24) is 15.1 Å². The second-order valence-electron chi connectivity index (χ2n) is 10.5. The minimum Gasteiger partial charge on any atom is -0.347 e. The summed E-state index contributed by atoms with van der Waals surface area (Å²) in [5.74, 6) is -0.177. The quantitative estimate of drug-likeness (QED) is 0.518. The van der Waals surface area contributed by atoms with E-state index >= 15 is 0 Å². The first-order valence-electron chi connectivity index (χ1n) is 13.4. The van der Waals surface area contributed by atoms with E-state index in [1.165, 1.54) is 11.3 Å². The van der Waals surface area contributed by atoms with Crippen LogP contribution in [0.25, 0.3) is 0 Å². The molecule has 9 heteroatoms. The Labute approximate surface area is 224 Å². The van der Waals surface area contributed by atoms with Crippen LogP contribution in [0.15, 0.2) is 35.7 Å². The molecule has 1 aromatic carbocycles. The van der Waals surface area contributed by atoms with Gasteiger partial charge in [0, 0.05) is 32.7 Å². The number of nitrogens with zero attached hydrogens (tertiary/aromatic N) is 3. The molecule has 200 valence electrons. The fourth-order valence-corrected chi connectivity index (χ4v) is 6.25. The lowest BCUT2D eigenvalue weighted by atomic mass is 10.2. The van der Waals surface area contributed by atoms with Crippen molar-refractivity contribution in [2.75, 3.05) is 64.7 Å². The highest BCUT2D eigenvalue weighted by Gasteiger charge is 2.35. The van der Waals surface area contributed by atoms with E-state index in [4.69, 9.17) is 0 Å². The second kappa shape index (κ2) is 12.7. The number of aryl methyl sites for hydroxylation is 1. The maximum atomic E-state index is 13.4. The Morgan fingerprint density at radius 3 is 2.24 bits per heavy atom. The Morgan fingerprint density at radius 1 is 0.919 bits per heavy atom. The molecule has 0 aliphatic carbocycles. The lowest BCUT2D eigenvalue weighted by molar-refractivity contribution is -0.912. The molecule has 1 aromatic heterocycles. The summed E-state index contributed by atoms with van der Waals surface area (Å²) >= 11 is 1.40. The van der Waals surface area contributed by atoms with Crippen LogP contribution in [-0.2, 0) is 16.1 Å². The predicted molar refractivity (Wildman–Crippen MR) is 148 cm³/mol. The standard InChI is InChI=1S/C28H39N5O3S/c1-22-21-37-27(28(36)32-14-12-31(2)13-15-32)26(22)30-25(35)20-33(16-8-3-4-9-17-33)19-24(34)29-18-23-10-6-5-7-11-23/h5-7,10-11,21H,3-4,8-9,12-20H2,1-2H3,(H-,29,30,34,35,36)/p+1. The minimum atomic E-state index is -0.133. The molecule has 2 N–H and O–H groups in total. The van der Waals surface area contributed by atoms with E-state index in [1.807, 2.05) is 47.5 Å². The van der Waals surface area contributed by atoms with Crippen molar-refractivity contribution >= 4 is 34.7 Å². The molecule has 37 heavy (non-hydrogen) atoms. The molecule has 3 amide bonds. The summed E-state index contributed by atoms with van der Waals surface area (Å²) in [6.07, 6.45) is 4.26. The molecule has 2 aliphatic heterocycles. The number of nitrogens with one attached hydrogen (secondary N) is 2. The van der Waals surface area contributed by atoms with Gasteiger partial charge in [-0.15, -0.1) is 11.3 Å². The molecular weight excluding hydrogens is 486 g/mol. The summed E-state index contributed by atoms with van der Waals surface area (Å²) in [6, 6.07) is 9.87. The van der Waals surface area contributed by atoms with Gasteiger partial charge in [0.15, 0.2) is 13.1 Å². The third kappa shape index (κ3) is 7.40. The molecule has 2 aliphatic rings. The number of piperazine rings is 1. The van der Waals surface area contributed by atoms with Crippen molar-refractivity contribution in [2.24, 2.45) is 0 Å². The van der Waals surface area contributed by atoms with Crippen LogP contribution in [0.4, 0.5) is 5.69 Å². The molecule has 0 radical (unpaired) electrons. The molecule has 2 saturated heterocycles. The highest BCUT2D eigenvalue weighted by Crippen LogP contribution is 2.30. The number of amides is 3. The van der Waals surface area contributed by atoms with E-state index in [9.17, 15) is 14.4 Å². The molecule has 0 atom stereocenters. The van der Waals surface area contributed by atoms with Gasteiger partial charge in [0.05, 0.1) is 18.8 Å². The van der Waals surface area contributed by atoms with Crippen molar-refractivity contribution in [3.8, 4) is 0 Å². The number of benzene rings is 1. The molecule has 0 bridgehead atoms. The van der Waals surface area contributed by atoms with E-state index in [-0.39, 0.29) is 30.8 Å². The topological polar surface area (TPSA) is 81.8 Å². The van der Waals surface area contributed by atoms with E-state index in [2.05, 4.69) is 22.6 Å². The molecule has 2 aromatic rings. The number of carbonyl (C=O) groups is 3. The Kier molecular flexibility index (Phi) is 9.34. The third-order valence-electron chi connectivity index (χ3n) is 7.53. The monoisotopic (exact) mass is 526 g/mol. The zero-order valence-corrected chi connectivity index (χ0v) is 22.9. The summed E-state index contributed by atoms with van der Waals surface area (Å²) in [5, 5.41) is 8.06. The van der Waals surface area contributed by atoms with Crippen LogP contribution in [0, 0.1) is 6.92 Å². The Morgan fingerprint density at radius 2 is 1.57 bits per heavy atom. The maximum absolute atomic E-state index is 13.4. The Bertz CT molecular complexity index is 1070. The van der Waals surface area contributed by atoms with E-state index in [0.717, 1.165) is 63.0 Å². The van der Waals surface area contributed by atoms with Crippen molar-refractivity contribution in [3.63, 3.8) is 0 Å². The summed E-state index contributed by atoms with van der Waals surface area (Å²) < 4.78 is 0.456. The Hall–Kier alpha value is -2.75. The molecule has 3 heterocycles. The van der Waals surface area contributed by atoms with E-state index in [0.29, 0.717) is 34.7 Å². The van der Waals surface area contributed by atoms with Gasteiger partial charge in [-0.3, -0.25) is 14.4 Å². The van der Waals surface area contributed by atoms with E-state index in [1.54, 1.807) is 0 Å². The molecule has 2 fully saturated rings. The van der Waals surface area contributed by atoms with Gasteiger partial charge >= 0.3 is 0 Å². The third-order valence-corrected chi connectivity index (χ3v) is 8.62. The zero-order chi connectivity index (χ0) is 26.3. The lowest BCUT2D eigenvalue weighted by Crippen LogP contribution is -2.57. The highest BCUT2D eigenvalue weighted by atomic mass is 32.1. The number of hydrogen-bond acceptors (Lipinski definition) is 5. The fourth-order valence-electron chi connectivity index (χ4n) is 5.28. The van der Waals surface area contributed by atoms with Crippen molar-refractivity contribution in [2.45, 2.75) is 39.2 Å². The molecule has 0 saturated carbocycles. The molecular formula is C28H40N5O3S+. The van der Waals surface area contributed by atoms with Gasteiger partial charge < -0.3 is 24.9 Å². The van der Waals surface area contributed by atoms with Crippen LogP contribution in [0.1, 0.15) is 46.5 Å². The minimum absolute atomic E-state index is 0.0135. The van der Waals surface area contributed by atoms with Crippen LogP contribution in [0.5, 0.6) is 0 Å². The molecule has 8 nitrogen and oxygen atoms in total. The molecule has 4 rings (SSSR count). The largest absolute Gasteiger partial charge is 0.347 e. The lowest BCUT2D eigenvalue weighted by Gasteiger charge is -2.36. The number of thiophene rings is 1. The van der Waals surface area contributed by atoms with Crippen LogP contribution < -0.4 is 10.6 Å². The second-order valence-corrected chi connectivity index (χ2v) is 11.4. The summed E-state index contributed by atoms with van der Waals surface area (Å²) in [7, 11) is 2.06. The molecule has 0 spiro atoms. The number of quaternary nitrogens is 1. The first-order chi connectivity index (χ1) is 17.8. The maximum Gasteiger partial charge on any atom is 0.279 e. The van der Waals surface area contributed by atoms with Gasteiger partial charge in [-0.05, 0) is 56.2 Å². The first-order valence-corrected chi connectivity index (χ1v) is 14.2. The average molecular weight is 527 g/mol. The zero-order valence-electron chi connectivity index (χ0n) is 22.1. The number of hydrogen-bond donors (Lipinski definition) is 2. The van der Waals surface area contributed by atoms with Crippen LogP contribution in [0.2, 0.25) is 0 Å². The van der Waals surface area contributed by atoms with Gasteiger partial charge in [0.1, 0.15) is 4.88 Å².